The average Bonchev–Trinajstić information content (AvgIpc) is 2.73. The van der Waals surface area contributed by atoms with Crippen molar-refractivity contribution in [1.82, 2.24) is 4.90 Å². The number of carbonyl (C=O) groups excluding carboxylic acids is 1. The third kappa shape index (κ3) is 2.69. The number of nitrogens with zero attached hydrogens (tertiary/aromatic N) is 1. The zero-order valence-corrected chi connectivity index (χ0v) is 9.65. The predicted molar refractivity (Wildman–Crippen MR) is 59.3 cm³/mol. The van der Waals surface area contributed by atoms with E-state index in [2.05, 4.69) is 0 Å². The number of aliphatic hydroxyl groups excluding tert-OH is 1. The van der Waals surface area contributed by atoms with Crippen LogP contribution in [0.25, 0.3) is 0 Å². The summed E-state index contributed by atoms with van der Waals surface area (Å²) in [4.78, 5) is 13.8. The lowest BCUT2D eigenvalue weighted by atomic mass is 9.98. The van der Waals surface area contributed by atoms with E-state index in [1.807, 2.05) is 13.8 Å². The highest BCUT2D eigenvalue weighted by atomic mass is 16.3. The largest absolute Gasteiger partial charge is 0.394 e. The Balaban J connectivity index is 2.59. The highest BCUT2D eigenvalue weighted by Crippen LogP contribution is 2.19. The van der Waals surface area contributed by atoms with E-state index >= 15 is 0 Å². The topological polar surface area (TPSA) is 66.6 Å². The SMILES string of the molecule is CCC(C)[C@H](N)C(=O)N1CCC[C@@H]1CO. The van der Waals surface area contributed by atoms with Gasteiger partial charge >= 0.3 is 0 Å². The van der Waals surface area contributed by atoms with Gasteiger partial charge in [-0.15, -0.1) is 0 Å². The molecule has 0 radical (unpaired) electrons. The molecule has 0 spiro atoms. The molecule has 15 heavy (non-hydrogen) atoms. The molecule has 88 valence electrons. The van der Waals surface area contributed by atoms with Gasteiger partial charge in [0, 0.05) is 6.54 Å². The first-order valence-electron chi connectivity index (χ1n) is 5.78. The summed E-state index contributed by atoms with van der Waals surface area (Å²) in [6.45, 7) is 4.82. The first kappa shape index (κ1) is 12.5. The van der Waals surface area contributed by atoms with Crippen molar-refractivity contribution in [1.29, 1.82) is 0 Å². The predicted octanol–water partition coefficient (Wildman–Crippen LogP) is 0.343. The maximum absolute atomic E-state index is 12.0. The molecule has 4 nitrogen and oxygen atoms in total. The van der Waals surface area contributed by atoms with Crippen molar-refractivity contribution in [3.05, 3.63) is 0 Å². The number of carbonyl (C=O) groups is 1. The normalized spacial score (nSPS) is 25.3. The minimum absolute atomic E-state index is 0.000833. The van der Waals surface area contributed by atoms with Crippen LogP contribution in [0.1, 0.15) is 33.1 Å². The number of hydrogen-bond acceptors (Lipinski definition) is 3. The lowest BCUT2D eigenvalue weighted by molar-refractivity contribution is -0.135. The van der Waals surface area contributed by atoms with Crippen molar-refractivity contribution in [2.45, 2.75) is 45.2 Å². The Kier molecular flexibility index (Phi) is 4.54. The molecule has 0 saturated carbocycles. The molecule has 1 aliphatic rings. The summed E-state index contributed by atoms with van der Waals surface area (Å²) < 4.78 is 0. The lowest BCUT2D eigenvalue weighted by Gasteiger charge is -2.28. The molecule has 4 heteroatoms. The second-order valence-electron chi connectivity index (χ2n) is 4.42. The standard InChI is InChI=1S/C11H22N2O2/c1-3-8(2)10(12)11(15)13-6-4-5-9(13)7-14/h8-10,14H,3-7,12H2,1-2H3/t8?,9-,10+/m1/s1. The summed E-state index contributed by atoms with van der Waals surface area (Å²) in [6.07, 6.45) is 2.78. The van der Waals surface area contributed by atoms with Crippen molar-refractivity contribution in [2.75, 3.05) is 13.2 Å². The van der Waals surface area contributed by atoms with Gasteiger partial charge in [0.05, 0.1) is 18.7 Å². The Hall–Kier alpha value is -0.610. The van der Waals surface area contributed by atoms with E-state index in [1.54, 1.807) is 4.90 Å². The number of nitrogens with two attached hydrogens (primary N) is 1. The fraction of sp³-hybridized carbons (Fsp3) is 0.909. The van der Waals surface area contributed by atoms with Crippen LogP contribution in [0.5, 0.6) is 0 Å². The van der Waals surface area contributed by atoms with Gasteiger partial charge in [-0.25, -0.2) is 0 Å². The van der Waals surface area contributed by atoms with Crippen molar-refractivity contribution < 1.29 is 9.90 Å². The maximum atomic E-state index is 12.0. The van der Waals surface area contributed by atoms with Crippen LogP contribution in [-0.4, -0.2) is 41.1 Å². The summed E-state index contributed by atoms with van der Waals surface area (Å²) in [5, 5.41) is 9.13. The Morgan fingerprint density at radius 1 is 1.67 bits per heavy atom. The van der Waals surface area contributed by atoms with Gasteiger partial charge in [0.2, 0.25) is 5.91 Å². The van der Waals surface area contributed by atoms with Crippen molar-refractivity contribution >= 4 is 5.91 Å². The van der Waals surface area contributed by atoms with Gasteiger partial charge in [0.1, 0.15) is 0 Å². The quantitative estimate of drug-likeness (QED) is 0.709. The van der Waals surface area contributed by atoms with Crippen molar-refractivity contribution in [3.8, 4) is 0 Å². The van der Waals surface area contributed by atoms with E-state index in [4.69, 9.17) is 10.8 Å². The number of hydrogen-bond donors (Lipinski definition) is 2. The van der Waals surface area contributed by atoms with E-state index < -0.39 is 6.04 Å². The third-order valence-electron chi connectivity index (χ3n) is 3.41. The van der Waals surface area contributed by atoms with E-state index in [0.717, 1.165) is 25.8 Å². The molecule has 1 unspecified atom stereocenters. The van der Waals surface area contributed by atoms with Gasteiger partial charge in [-0.3, -0.25) is 4.79 Å². The summed E-state index contributed by atoms with van der Waals surface area (Å²) in [5.74, 6) is 0.207. The average molecular weight is 214 g/mol. The molecule has 1 rings (SSSR count). The van der Waals surface area contributed by atoms with E-state index in [-0.39, 0.29) is 24.5 Å². The van der Waals surface area contributed by atoms with Crippen LogP contribution in [0.4, 0.5) is 0 Å². The van der Waals surface area contributed by atoms with E-state index in [0.29, 0.717) is 0 Å². The summed E-state index contributed by atoms with van der Waals surface area (Å²) >= 11 is 0. The van der Waals surface area contributed by atoms with Crippen molar-refractivity contribution in [2.24, 2.45) is 11.7 Å². The minimum atomic E-state index is -0.415. The fourth-order valence-corrected chi connectivity index (χ4v) is 2.00. The zero-order chi connectivity index (χ0) is 11.4. The molecule has 0 aromatic heterocycles. The summed E-state index contributed by atoms with van der Waals surface area (Å²) in [6, 6.07) is -0.422. The molecular weight excluding hydrogens is 192 g/mol. The van der Waals surface area contributed by atoms with Crippen molar-refractivity contribution in [3.63, 3.8) is 0 Å². The lowest BCUT2D eigenvalue weighted by Crippen LogP contribution is -2.49. The van der Waals surface area contributed by atoms with Crippen LogP contribution in [0.3, 0.4) is 0 Å². The van der Waals surface area contributed by atoms with Gasteiger partial charge in [-0.05, 0) is 18.8 Å². The molecule has 1 fully saturated rings. The van der Waals surface area contributed by atoms with E-state index in [9.17, 15) is 4.79 Å². The first-order valence-corrected chi connectivity index (χ1v) is 5.78. The molecule has 0 aromatic rings. The monoisotopic (exact) mass is 214 g/mol. The van der Waals surface area contributed by atoms with Crippen LogP contribution in [0, 0.1) is 5.92 Å². The van der Waals surface area contributed by atoms with E-state index in [1.165, 1.54) is 0 Å². The summed E-state index contributed by atoms with van der Waals surface area (Å²) in [5.41, 5.74) is 5.90. The maximum Gasteiger partial charge on any atom is 0.240 e. The first-order chi connectivity index (χ1) is 7.11. The number of aliphatic hydroxyl groups is 1. The smallest absolute Gasteiger partial charge is 0.240 e. The molecule has 0 aliphatic carbocycles. The van der Waals surface area contributed by atoms with Gasteiger partial charge in [-0.1, -0.05) is 20.3 Å². The number of amides is 1. The third-order valence-corrected chi connectivity index (χ3v) is 3.41. The van der Waals surface area contributed by atoms with Crippen LogP contribution in [0.15, 0.2) is 0 Å². The number of likely N-dealkylation sites (tertiary alicyclic amines) is 1. The second-order valence-corrected chi connectivity index (χ2v) is 4.42. The molecule has 0 bridgehead atoms. The number of rotatable bonds is 4. The highest BCUT2D eigenvalue weighted by molar-refractivity contribution is 5.82. The second kappa shape index (κ2) is 5.47. The minimum Gasteiger partial charge on any atom is -0.394 e. The van der Waals surface area contributed by atoms with Gasteiger partial charge < -0.3 is 15.7 Å². The Morgan fingerprint density at radius 3 is 2.87 bits per heavy atom. The Bertz CT molecular complexity index is 221. The molecule has 0 aromatic carbocycles. The molecule has 1 aliphatic heterocycles. The van der Waals surface area contributed by atoms with Gasteiger partial charge in [0.15, 0.2) is 0 Å². The molecule has 3 atom stereocenters. The summed E-state index contributed by atoms with van der Waals surface area (Å²) in [7, 11) is 0. The molecule has 1 amide bonds. The van der Waals surface area contributed by atoms with Gasteiger partial charge in [0.25, 0.3) is 0 Å². The Morgan fingerprint density at radius 2 is 2.33 bits per heavy atom. The molecule has 1 saturated heterocycles. The Labute approximate surface area is 91.4 Å². The van der Waals surface area contributed by atoms with Crippen LogP contribution in [-0.2, 0) is 4.79 Å². The molecular formula is C11H22N2O2. The van der Waals surface area contributed by atoms with Crippen LogP contribution in [0.2, 0.25) is 0 Å². The molecule has 1 heterocycles. The van der Waals surface area contributed by atoms with Crippen LogP contribution < -0.4 is 5.73 Å². The molecule has 3 N–H and O–H groups in total. The van der Waals surface area contributed by atoms with Gasteiger partial charge in [-0.2, -0.15) is 0 Å². The zero-order valence-electron chi connectivity index (χ0n) is 9.65. The fourth-order valence-electron chi connectivity index (χ4n) is 2.00. The van der Waals surface area contributed by atoms with Crippen LogP contribution >= 0.6 is 0 Å². The highest BCUT2D eigenvalue weighted by Gasteiger charge is 2.32.